The van der Waals surface area contributed by atoms with Gasteiger partial charge < -0.3 is 64.5 Å². The van der Waals surface area contributed by atoms with Gasteiger partial charge in [-0.3, -0.25) is 0 Å². The molecule has 12 atom stereocenters. The topological polar surface area (TPSA) is 208 Å². The Bertz CT molecular complexity index is 508. The maximum atomic E-state index is 10.5. The third kappa shape index (κ3) is 4.46. The van der Waals surface area contributed by atoms with Crippen LogP contribution in [0.3, 0.4) is 0 Å². The van der Waals surface area contributed by atoms with Gasteiger partial charge in [0.05, 0.1) is 19.8 Å². The highest BCUT2D eigenvalue weighted by atomic mass is 16.7. The van der Waals surface area contributed by atoms with E-state index in [0.29, 0.717) is 0 Å². The van der Waals surface area contributed by atoms with Crippen molar-refractivity contribution in [2.75, 3.05) is 19.8 Å². The van der Waals surface area contributed by atoms with Crippen LogP contribution >= 0.6 is 0 Å². The van der Waals surface area contributed by atoms with Crippen LogP contribution in [0.25, 0.3) is 0 Å². The van der Waals surface area contributed by atoms with Gasteiger partial charge in [0.2, 0.25) is 0 Å². The van der Waals surface area contributed by atoms with Gasteiger partial charge >= 0.3 is 0 Å². The predicted octanol–water partition coefficient (Wildman–Crippen LogP) is -5.66. The smallest absolute Gasteiger partial charge is 0.186 e. The lowest BCUT2D eigenvalue weighted by atomic mass is 10.0. The summed E-state index contributed by atoms with van der Waals surface area (Å²) in [6.45, 7) is -1.02. The highest BCUT2D eigenvalue weighted by molar-refractivity contribution is 4.90. The number of rotatable bonds is 4. The highest BCUT2D eigenvalue weighted by Crippen LogP contribution is 2.27. The van der Waals surface area contributed by atoms with Gasteiger partial charge in [-0.05, 0) is 0 Å². The van der Waals surface area contributed by atoms with Gasteiger partial charge in [0.1, 0.15) is 54.9 Å². The molecule has 0 aromatic carbocycles. The van der Waals surface area contributed by atoms with Crippen LogP contribution in [0.2, 0.25) is 0 Å². The summed E-state index contributed by atoms with van der Waals surface area (Å²) in [7, 11) is 0. The summed E-state index contributed by atoms with van der Waals surface area (Å²) in [6, 6.07) is 0. The summed E-state index contributed by atoms with van der Waals surface area (Å²) < 4.78 is 25.8. The second kappa shape index (κ2) is 9.09. The van der Waals surface area contributed by atoms with E-state index in [9.17, 15) is 40.9 Å². The molecule has 0 saturated carbocycles. The zero-order chi connectivity index (χ0) is 20.6. The Hall–Kier alpha value is -0.520. The first-order valence-corrected chi connectivity index (χ1v) is 8.81. The van der Waals surface area contributed by atoms with Crippen molar-refractivity contribution in [1.82, 2.24) is 0 Å². The molecule has 8 N–H and O–H groups in total. The van der Waals surface area contributed by atoms with Gasteiger partial charge in [0, 0.05) is 0 Å². The van der Waals surface area contributed by atoms with Crippen molar-refractivity contribution in [3.05, 3.63) is 0 Å². The minimum absolute atomic E-state index is 0.323. The first-order valence-electron chi connectivity index (χ1n) is 8.81. The van der Waals surface area contributed by atoms with E-state index < -0.39 is 73.8 Å². The van der Waals surface area contributed by atoms with E-state index in [1.54, 1.807) is 0 Å². The van der Waals surface area contributed by atoms with Crippen molar-refractivity contribution in [3.8, 4) is 0 Å². The molecule has 0 amide bonds. The van der Waals surface area contributed by atoms with Gasteiger partial charge in [0.15, 0.2) is 18.9 Å². The molecule has 0 aromatic rings. The lowest BCUT2D eigenvalue weighted by Gasteiger charge is -2.44. The van der Waals surface area contributed by atoms with E-state index >= 15 is 0 Å². The third-order valence-corrected chi connectivity index (χ3v) is 4.91. The molecule has 3 aliphatic heterocycles. The van der Waals surface area contributed by atoms with Crippen LogP contribution in [-0.2, 0) is 23.7 Å². The fraction of sp³-hybridized carbons (Fsp3) is 1.00. The number of ether oxygens (including phenoxy) is 5. The molecular weight excluding hydrogens is 388 g/mol. The van der Waals surface area contributed by atoms with Crippen LogP contribution in [-0.4, -0.2) is 134 Å². The highest BCUT2D eigenvalue weighted by Gasteiger charge is 2.48. The summed E-state index contributed by atoms with van der Waals surface area (Å²) in [6.07, 6.45) is -17.7. The van der Waals surface area contributed by atoms with Gasteiger partial charge in [-0.15, -0.1) is 0 Å². The molecule has 13 heteroatoms. The number of hydrogen-bond donors (Lipinski definition) is 8. The Balaban J connectivity index is 1.64. The maximum Gasteiger partial charge on any atom is 0.186 e. The minimum atomic E-state index is -1.65. The molecule has 0 aliphatic carbocycles. The first kappa shape index (κ1) is 22.2. The fourth-order valence-electron chi connectivity index (χ4n) is 3.22. The zero-order valence-electron chi connectivity index (χ0n) is 14.7. The molecule has 0 bridgehead atoms. The van der Waals surface area contributed by atoms with Crippen LogP contribution in [0.1, 0.15) is 0 Å². The minimum Gasteiger partial charge on any atom is -0.388 e. The Morgan fingerprint density at radius 1 is 0.500 bits per heavy atom. The van der Waals surface area contributed by atoms with Crippen molar-refractivity contribution < 1.29 is 64.5 Å². The summed E-state index contributed by atoms with van der Waals surface area (Å²) in [5, 5.41) is 79.0. The first-order chi connectivity index (χ1) is 13.2. The van der Waals surface area contributed by atoms with Crippen LogP contribution < -0.4 is 0 Å². The molecular formula is C15H26O13. The van der Waals surface area contributed by atoms with E-state index in [4.69, 9.17) is 23.7 Å². The maximum absolute atomic E-state index is 10.5. The largest absolute Gasteiger partial charge is 0.388 e. The number of aliphatic hydroxyl groups excluding tert-OH is 8. The van der Waals surface area contributed by atoms with Crippen molar-refractivity contribution in [1.29, 1.82) is 0 Å². The third-order valence-electron chi connectivity index (χ3n) is 4.91. The summed E-state index contributed by atoms with van der Waals surface area (Å²) in [4.78, 5) is 0. The molecule has 3 rings (SSSR count). The van der Waals surface area contributed by atoms with Crippen molar-refractivity contribution in [2.45, 2.75) is 73.8 Å². The van der Waals surface area contributed by atoms with E-state index in [2.05, 4.69) is 0 Å². The summed E-state index contributed by atoms with van der Waals surface area (Å²) in [5.74, 6) is 0. The van der Waals surface area contributed by atoms with E-state index in [1.807, 2.05) is 0 Å². The quantitative estimate of drug-likeness (QED) is 0.216. The summed E-state index contributed by atoms with van der Waals surface area (Å²) >= 11 is 0. The van der Waals surface area contributed by atoms with Crippen LogP contribution in [0, 0.1) is 0 Å². The van der Waals surface area contributed by atoms with Crippen molar-refractivity contribution in [3.63, 3.8) is 0 Å². The van der Waals surface area contributed by atoms with Gasteiger partial charge in [0.25, 0.3) is 0 Å². The normalized spacial score (nSPS) is 53.1. The fourth-order valence-corrected chi connectivity index (χ4v) is 3.22. The second-order valence-electron chi connectivity index (χ2n) is 6.99. The molecule has 13 nitrogen and oxygen atoms in total. The van der Waals surface area contributed by atoms with Crippen molar-refractivity contribution in [2.24, 2.45) is 0 Å². The molecule has 0 aromatic heterocycles. The molecule has 0 spiro atoms. The van der Waals surface area contributed by atoms with E-state index in [1.165, 1.54) is 0 Å². The molecule has 28 heavy (non-hydrogen) atoms. The van der Waals surface area contributed by atoms with Gasteiger partial charge in [-0.25, -0.2) is 0 Å². The molecule has 3 fully saturated rings. The second-order valence-corrected chi connectivity index (χ2v) is 6.99. The monoisotopic (exact) mass is 414 g/mol. The average molecular weight is 414 g/mol. The van der Waals surface area contributed by atoms with Crippen LogP contribution in [0.4, 0.5) is 0 Å². The van der Waals surface area contributed by atoms with Crippen LogP contribution in [0.15, 0.2) is 0 Å². The lowest BCUT2D eigenvalue weighted by molar-refractivity contribution is -0.354. The summed E-state index contributed by atoms with van der Waals surface area (Å²) in [5.41, 5.74) is 0. The average Bonchev–Trinajstić information content (AvgIpc) is 2.66. The Morgan fingerprint density at radius 2 is 0.964 bits per heavy atom. The van der Waals surface area contributed by atoms with Gasteiger partial charge in [-0.1, -0.05) is 0 Å². The zero-order valence-corrected chi connectivity index (χ0v) is 14.7. The molecule has 0 radical (unpaired) electrons. The molecule has 164 valence electrons. The lowest BCUT2D eigenvalue weighted by Crippen LogP contribution is -2.62. The SMILES string of the molecule is O[C@@H]1[C@@H](O)[C@H](O[C@@H]2[C@@H](O)[C@H](O[C@@H]3[C@@H](O)[C@H](O)OC[C@H]3O)OC[C@H]2O)OC[C@H]1O. The molecule has 3 heterocycles. The number of hydrogen-bond acceptors (Lipinski definition) is 13. The van der Waals surface area contributed by atoms with E-state index in [0.717, 1.165) is 0 Å². The Kier molecular flexibility index (Phi) is 7.20. The molecule has 3 saturated heterocycles. The van der Waals surface area contributed by atoms with E-state index in [-0.39, 0.29) is 19.8 Å². The van der Waals surface area contributed by atoms with Gasteiger partial charge in [-0.2, -0.15) is 0 Å². The Labute approximate surface area is 159 Å². The van der Waals surface area contributed by atoms with Crippen molar-refractivity contribution >= 4 is 0 Å². The van der Waals surface area contributed by atoms with Crippen LogP contribution in [0.5, 0.6) is 0 Å². The molecule has 3 aliphatic rings. The predicted molar refractivity (Wildman–Crippen MR) is 83.2 cm³/mol. The number of aliphatic hydroxyl groups is 8. The standard InChI is InChI=1S/C15H26O13/c16-4-1-25-14(8(20)7(4)19)28-12-6(18)3-26-15(10(12)22)27-11-5(17)2-24-13(23)9(11)21/h4-23H,1-3H2/t4-,5-,6-,7+,8-,9-,10-,11+,12+,13-,14+,15+/m1/s1. The molecule has 0 unspecified atom stereocenters. The Morgan fingerprint density at radius 3 is 1.57 bits per heavy atom.